The minimum Gasteiger partial charge on any atom is -0.508 e. The lowest BCUT2D eigenvalue weighted by molar-refractivity contribution is -0.137. The van der Waals surface area contributed by atoms with Gasteiger partial charge in [0.15, 0.2) is 0 Å². The molecule has 34 heavy (non-hydrogen) atoms. The van der Waals surface area contributed by atoms with Gasteiger partial charge in [-0.25, -0.2) is 4.79 Å². The van der Waals surface area contributed by atoms with Crippen LogP contribution in [-0.4, -0.2) is 29.4 Å². The van der Waals surface area contributed by atoms with Crippen molar-refractivity contribution >= 4 is 17.6 Å². The molecule has 2 aliphatic rings. The average Bonchev–Trinajstić information content (AvgIpc) is 2.81. The van der Waals surface area contributed by atoms with Crippen molar-refractivity contribution in [3.63, 3.8) is 0 Å². The largest absolute Gasteiger partial charge is 0.508 e. The van der Waals surface area contributed by atoms with Crippen LogP contribution in [0.1, 0.15) is 62.6 Å². The van der Waals surface area contributed by atoms with E-state index in [0.717, 1.165) is 23.0 Å². The summed E-state index contributed by atoms with van der Waals surface area (Å²) in [5.41, 5.74) is 6.10. The van der Waals surface area contributed by atoms with Gasteiger partial charge in [0.25, 0.3) is 0 Å². The molecular formula is C30H36O4. The summed E-state index contributed by atoms with van der Waals surface area (Å²) in [5.74, 6) is 2.61. The molecule has 0 heterocycles. The Hall–Kier alpha value is -2.85. The van der Waals surface area contributed by atoms with Gasteiger partial charge in [-0.05, 0) is 89.8 Å². The highest BCUT2D eigenvalue weighted by molar-refractivity contribution is 5.87. The Balaban J connectivity index is 1.66. The number of hydrogen-bond donors (Lipinski definition) is 2. The molecular weight excluding hydrogens is 424 g/mol. The Morgan fingerprint density at radius 2 is 1.65 bits per heavy atom. The normalized spacial score (nSPS) is 25.9. The molecule has 4 atom stereocenters. The predicted octanol–water partition coefficient (Wildman–Crippen LogP) is 6.23. The fourth-order valence-corrected chi connectivity index (χ4v) is 6.01. The maximum absolute atomic E-state index is 11.8. The Labute approximate surface area is 203 Å². The third kappa shape index (κ3) is 5.79. The summed E-state index contributed by atoms with van der Waals surface area (Å²) >= 11 is 0. The predicted molar refractivity (Wildman–Crippen MR) is 136 cm³/mol. The van der Waals surface area contributed by atoms with Gasteiger partial charge in [-0.2, -0.15) is 0 Å². The van der Waals surface area contributed by atoms with Crippen LogP contribution >= 0.6 is 0 Å². The van der Waals surface area contributed by atoms with Crippen molar-refractivity contribution in [1.29, 1.82) is 0 Å². The number of aromatic hydroxyl groups is 1. The Morgan fingerprint density at radius 1 is 0.971 bits per heavy atom. The number of carbonyl (C=O) groups is 1. The number of fused-ring (bicyclic) bond motifs is 2. The number of esters is 1. The van der Waals surface area contributed by atoms with Gasteiger partial charge >= 0.3 is 5.97 Å². The van der Waals surface area contributed by atoms with Crippen LogP contribution in [0.3, 0.4) is 0 Å². The third-order valence-corrected chi connectivity index (χ3v) is 7.30. The van der Waals surface area contributed by atoms with E-state index in [1.54, 1.807) is 23.8 Å². The fourth-order valence-electron chi connectivity index (χ4n) is 6.01. The number of ether oxygens (including phenoxy) is 1. The molecule has 0 aliphatic heterocycles. The van der Waals surface area contributed by atoms with E-state index in [4.69, 9.17) is 9.84 Å². The number of phenolic OH excluding ortho intramolecular Hbond substituents is 1. The van der Waals surface area contributed by atoms with Gasteiger partial charge < -0.3 is 14.9 Å². The molecule has 180 valence electrons. The number of rotatable bonds is 7. The lowest BCUT2D eigenvalue weighted by atomic mass is 9.61. The van der Waals surface area contributed by atoms with Crippen LogP contribution in [0, 0.1) is 23.7 Å². The zero-order chi connectivity index (χ0) is 24.1. The summed E-state index contributed by atoms with van der Waals surface area (Å²) < 4.78 is 5.06. The zero-order valence-corrected chi connectivity index (χ0v) is 20.2. The van der Waals surface area contributed by atoms with E-state index in [1.165, 1.54) is 42.9 Å². The van der Waals surface area contributed by atoms with Crippen molar-refractivity contribution < 1.29 is 19.7 Å². The Bertz CT molecular complexity index is 1030. The van der Waals surface area contributed by atoms with E-state index in [0.29, 0.717) is 18.3 Å². The van der Waals surface area contributed by atoms with Crippen LogP contribution in [0.2, 0.25) is 0 Å². The van der Waals surface area contributed by atoms with E-state index in [1.807, 2.05) is 24.3 Å². The molecule has 2 bridgehead atoms. The monoisotopic (exact) mass is 460 g/mol. The summed E-state index contributed by atoms with van der Waals surface area (Å²) in [4.78, 5) is 11.8. The Morgan fingerprint density at radius 3 is 2.32 bits per heavy atom. The first-order valence-corrected chi connectivity index (χ1v) is 12.5. The lowest BCUT2D eigenvalue weighted by Crippen LogP contribution is -2.32. The molecule has 4 rings (SSSR count). The molecule has 0 amide bonds. The smallest absolute Gasteiger partial charge is 0.330 e. The number of aliphatic hydroxyl groups is 1. The fraction of sp³-hybridized carbons (Fsp3) is 0.433. The second kappa shape index (κ2) is 11.1. The molecule has 0 spiro atoms. The molecule has 2 aromatic carbocycles. The van der Waals surface area contributed by atoms with Crippen molar-refractivity contribution in [2.45, 2.75) is 46.0 Å². The molecule has 2 saturated carbocycles. The van der Waals surface area contributed by atoms with Crippen molar-refractivity contribution in [2.24, 2.45) is 23.7 Å². The summed E-state index contributed by atoms with van der Waals surface area (Å²) in [6.07, 6.45) is 8.76. The summed E-state index contributed by atoms with van der Waals surface area (Å²) in [5, 5.41) is 18.7. The first-order valence-electron chi connectivity index (χ1n) is 12.5. The number of allylic oxidation sites excluding steroid dienone is 1. The van der Waals surface area contributed by atoms with Gasteiger partial charge in [0.1, 0.15) is 5.75 Å². The molecule has 4 unspecified atom stereocenters. The third-order valence-electron chi connectivity index (χ3n) is 7.30. The zero-order valence-electron chi connectivity index (χ0n) is 20.2. The highest BCUT2D eigenvalue weighted by Crippen LogP contribution is 2.51. The molecule has 0 aromatic heterocycles. The first-order chi connectivity index (χ1) is 16.4. The average molecular weight is 461 g/mol. The van der Waals surface area contributed by atoms with E-state index in [9.17, 15) is 9.90 Å². The van der Waals surface area contributed by atoms with Crippen LogP contribution < -0.4 is 0 Å². The topological polar surface area (TPSA) is 66.8 Å². The summed E-state index contributed by atoms with van der Waals surface area (Å²) in [7, 11) is 0. The second-order valence-electron chi connectivity index (χ2n) is 10.1. The molecule has 2 N–H and O–H groups in total. The molecule has 4 nitrogen and oxygen atoms in total. The van der Waals surface area contributed by atoms with Crippen LogP contribution in [0.4, 0.5) is 0 Å². The highest BCUT2D eigenvalue weighted by Gasteiger charge is 2.38. The van der Waals surface area contributed by atoms with Gasteiger partial charge in [0.2, 0.25) is 0 Å². The quantitative estimate of drug-likeness (QED) is 0.292. The van der Waals surface area contributed by atoms with Gasteiger partial charge in [0.05, 0.1) is 6.61 Å². The van der Waals surface area contributed by atoms with Crippen molar-refractivity contribution in [1.82, 2.24) is 0 Å². The van der Waals surface area contributed by atoms with Gasteiger partial charge in [-0.3, -0.25) is 0 Å². The van der Waals surface area contributed by atoms with Gasteiger partial charge in [0, 0.05) is 19.1 Å². The number of hydrogen-bond acceptors (Lipinski definition) is 4. The number of phenols is 1. The molecule has 2 aliphatic carbocycles. The standard InChI is InChI=1S/C30H36O4/c1-20-16-23-18-21(2)29(26(17-20)19-23)30(25-9-11-27(32)12-10-25)24-7-4-22(5-8-24)6-13-28(33)34-15-3-14-31/h4-13,20-21,23,26,31-32H,3,14-19H2,1-2H3/b13-6+,30-29-. The molecule has 4 heteroatoms. The van der Waals surface area contributed by atoms with Crippen molar-refractivity contribution in [3.8, 4) is 5.75 Å². The minimum atomic E-state index is -0.401. The van der Waals surface area contributed by atoms with Crippen LogP contribution in [0.15, 0.2) is 60.2 Å². The van der Waals surface area contributed by atoms with Crippen LogP contribution in [0.25, 0.3) is 11.6 Å². The molecule has 2 aromatic rings. The number of carbonyl (C=O) groups excluding carboxylic acids is 1. The molecule has 2 fully saturated rings. The lowest BCUT2D eigenvalue weighted by Gasteiger charge is -2.44. The van der Waals surface area contributed by atoms with Gasteiger partial charge in [-0.1, -0.05) is 55.8 Å². The Kier molecular flexibility index (Phi) is 7.89. The molecule has 0 saturated heterocycles. The van der Waals surface area contributed by atoms with Crippen LogP contribution in [-0.2, 0) is 9.53 Å². The number of aliphatic hydroxyl groups excluding tert-OH is 1. The SMILES string of the molecule is CC1CC2CC(C)/C(=C(/c3ccc(O)cc3)c3ccc(/C=C/C(=O)OCCCO)cc3)C(C1)C2. The maximum atomic E-state index is 11.8. The maximum Gasteiger partial charge on any atom is 0.330 e. The van der Waals surface area contributed by atoms with E-state index in [-0.39, 0.29) is 19.0 Å². The minimum absolute atomic E-state index is 0.0103. The highest BCUT2D eigenvalue weighted by atomic mass is 16.5. The first kappa shape index (κ1) is 24.3. The van der Waals surface area contributed by atoms with E-state index >= 15 is 0 Å². The van der Waals surface area contributed by atoms with Gasteiger partial charge in [-0.15, -0.1) is 0 Å². The van der Waals surface area contributed by atoms with Crippen LogP contribution in [0.5, 0.6) is 5.75 Å². The summed E-state index contributed by atoms with van der Waals surface area (Å²) in [6.45, 7) is 5.00. The second-order valence-corrected chi connectivity index (χ2v) is 10.1. The molecule has 0 radical (unpaired) electrons. The number of benzene rings is 2. The van der Waals surface area contributed by atoms with Crippen molar-refractivity contribution in [2.75, 3.05) is 13.2 Å². The van der Waals surface area contributed by atoms with E-state index in [2.05, 4.69) is 26.0 Å². The summed E-state index contributed by atoms with van der Waals surface area (Å²) in [6, 6.07) is 15.9. The van der Waals surface area contributed by atoms with Crippen molar-refractivity contribution in [3.05, 3.63) is 76.9 Å². The van der Waals surface area contributed by atoms with E-state index < -0.39 is 5.97 Å².